The van der Waals surface area contributed by atoms with Crippen molar-refractivity contribution in [2.24, 2.45) is 0 Å². The normalized spacial score (nSPS) is 11.3. The Morgan fingerprint density at radius 1 is 1.43 bits per heavy atom. The number of alkyl halides is 3. The number of hydrogen-bond donors (Lipinski definition) is 0. The second-order valence-corrected chi connectivity index (χ2v) is 1.04. The summed E-state index contributed by atoms with van der Waals surface area (Å²) in [7, 11) is 0. The molecule has 0 spiro atoms. The first-order chi connectivity index (χ1) is 3.06. The fourth-order valence-corrected chi connectivity index (χ4v) is 0.142. The van der Waals surface area contributed by atoms with Gasteiger partial charge in [0.2, 0.25) is 0 Å². The lowest BCUT2D eigenvalue weighted by atomic mass is 10.4. The minimum Gasteiger partial charge on any atom is -0.171 e. The maximum absolute atomic E-state index is 11.0. The Bertz CT molecular complexity index is 61.8. The van der Waals surface area contributed by atoms with Crippen LogP contribution in [0.1, 0.15) is 6.42 Å². The molecular weight excluding hydrogens is 105 g/mol. The van der Waals surface area contributed by atoms with Gasteiger partial charge < -0.3 is 0 Å². The predicted molar refractivity (Wildman–Crippen MR) is 19.5 cm³/mol. The summed E-state index contributed by atoms with van der Waals surface area (Å²) >= 11 is 0. The molecule has 0 unspecified atom stereocenters. The van der Waals surface area contributed by atoms with Crippen LogP contribution in [0.2, 0.25) is 0 Å². The molecule has 41 valence electrons. The van der Waals surface area contributed by atoms with E-state index in [0.717, 1.165) is 0 Å². The van der Waals surface area contributed by atoms with Crippen LogP contribution in [-0.4, -0.2) is 6.18 Å². The van der Waals surface area contributed by atoms with Gasteiger partial charge in [-0.3, -0.25) is 0 Å². The molecule has 3 heteroatoms. The van der Waals surface area contributed by atoms with Crippen molar-refractivity contribution in [3.05, 3.63) is 12.7 Å². The van der Waals surface area contributed by atoms with Gasteiger partial charge in [0.25, 0.3) is 0 Å². The van der Waals surface area contributed by atoms with E-state index in [2.05, 4.69) is 6.58 Å². The SMILES string of the molecule is C=[C]CC(F)(F)F. The lowest BCUT2D eigenvalue weighted by Gasteiger charge is -1.97. The molecule has 0 aliphatic rings. The van der Waals surface area contributed by atoms with Crippen LogP contribution in [0.15, 0.2) is 6.58 Å². The standard InChI is InChI=1S/C4H4F3/c1-2-3-4(5,6)7/h1,3H2. The molecular formula is C4H4F3. The molecule has 0 aromatic carbocycles. The molecule has 0 atom stereocenters. The average Bonchev–Trinajstić information content (AvgIpc) is 1.30. The number of rotatable bonds is 1. The van der Waals surface area contributed by atoms with Crippen LogP contribution in [0.5, 0.6) is 0 Å². The zero-order chi connectivity index (χ0) is 5.91. The summed E-state index contributed by atoms with van der Waals surface area (Å²) in [5.41, 5.74) is 0. The number of hydrogen-bond acceptors (Lipinski definition) is 0. The number of allylic oxidation sites excluding steroid dienone is 1. The molecule has 0 nitrogen and oxygen atoms in total. The van der Waals surface area contributed by atoms with Gasteiger partial charge in [-0.1, -0.05) is 6.58 Å². The average molecular weight is 109 g/mol. The van der Waals surface area contributed by atoms with Crippen LogP contribution in [0.25, 0.3) is 0 Å². The van der Waals surface area contributed by atoms with E-state index in [1.54, 1.807) is 6.08 Å². The van der Waals surface area contributed by atoms with E-state index in [4.69, 9.17) is 0 Å². The minimum atomic E-state index is -4.12. The van der Waals surface area contributed by atoms with Gasteiger partial charge >= 0.3 is 6.18 Å². The lowest BCUT2D eigenvalue weighted by Crippen LogP contribution is -2.03. The summed E-state index contributed by atoms with van der Waals surface area (Å²) < 4.78 is 32.9. The quantitative estimate of drug-likeness (QED) is 0.482. The Kier molecular flexibility index (Phi) is 1.87. The molecule has 0 aromatic heterocycles. The molecule has 0 N–H and O–H groups in total. The summed E-state index contributed by atoms with van der Waals surface area (Å²) in [6.45, 7) is 2.80. The van der Waals surface area contributed by atoms with Gasteiger partial charge in [0, 0.05) is 0 Å². The molecule has 0 amide bonds. The zero-order valence-electron chi connectivity index (χ0n) is 3.55. The first-order valence-electron chi connectivity index (χ1n) is 1.63. The minimum absolute atomic E-state index is 1.02. The third-order valence-electron chi connectivity index (χ3n) is 0.325. The third-order valence-corrected chi connectivity index (χ3v) is 0.325. The molecule has 0 saturated heterocycles. The topological polar surface area (TPSA) is 0 Å². The molecule has 0 aliphatic carbocycles. The third kappa shape index (κ3) is 5.53. The van der Waals surface area contributed by atoms with Gasteiger partial charge in [0.15, 0.2) is 0 Å². The Labute approximate surface area is 39.6 Å². The predicted octanol–water partition coefficient (Wildman–Crippen LogP) is 1.93. The van der Waals surface area contributed by atoms with Gasteiger partial charge in [0.05, 0.1) is 6.42 Å². The summed E-state index contributed by atoms with van der Waals surface area (Å²) in [5.74, 6) is 0. The van der Waals surface area contributed by atoms with E-state index >= 15 is 0 Å². The molecule has 1 radical (unpaired) electrons. The summed E-state index contributed by atoms with van der Waals surface area (Å²) in [6.07, 6.45) is -3.41. The summed E-state index contributed by atoms with van der Waals surface area (Å²) in [6, 6.07) is 0. The van der Waals surface area contributed by atoms with Gasteiger partial charge in [0.1, 0.15) is 0 Å². The van der Waals surface area contributed by atoms with Crippen molar-refractivity contribution in [3.8, 4) is 0 Å². The highest BCUT2D eigenvalue weighted by Gasteiger charge is 2.24. The Balaban J connectivity index is 3.34. The van der Waals surface area contributed by atoms with Crippen LogP contribution < -0.4 is 0 Å². The first-order valence-corrected chi connectivity index (χ1v) is 1.63. The van der Waals surface area contributed by atoms with Crippen LogP contribution in [0, 0.1) is 6.08 Å². The molecule has 0 aromatic rings. The highest BCUT2D eigenvalue weighted by Crippen LogP contribution is 2.18. The van der Waals surface area contributed by atoms with Gasteiger partial charge in [-0.2, -0.15) is 13.2 Å². The van der Waals surface area contributed by atoms with E-state index in [-0.39, 0.29) is 0 Å². The van der Waals surface area contributed by atoms with Crippen molar-refractivity contribution in [2.75, 3.05) is 0 Å². The first kappa shape index (κ1) is 6.53. The van der Waals surface area contributed by atoms with Crippen molar-refractivity contribution in [2.45, 2.75) is 12.6 Å². The lowest BCUT2D eigenvalue weighted by molar-refractivity contribution is -0.126. The second-order valence-electron chi connectivity index (χ2n) is 1.04. The molecule has 7 heavy (non-hydrogen) atoms. The molecule has 0 heterocycles. The smallest absolute Gasteiger partial charge is 0.171 e. The largest absolute Gasteiger partial charge is 0.393 e. The van der Waals surface area contributed by atoms with Crippen molar-refractivity contribution in [3.63, 3.8) is 0 Å². The fourth-order valence-electron chi connectivity index (χ4n) is 0.142. The maximum Gasteiger partial charge on any atom is 0.393 e. The highest BCUT2D eigenvalue weighted by molar-refractivity contribution is 4.60. The Morgan fingerprint density at radius 2 is 1.86 bits per heavy atom. The van der Waals surface area contributed by atoms with E-state index in [1.807, 2.05) is 0 Å². The van der Waals surface area contributed by atoms with E-state index < -0.39 is 12.6 Å². The maximum atomic E-state index is 11.0. The fraction of sp³-hybridized carbons (Fsp3) is 0.500. The zero-order valence-corrected chi connectivity index (χ0v) is 3.55. The van der Waals surface area contributed by atoms with Crippen LogP contribution in [-0.2, 0) is 0 Å². The van der Waals surface area contributed by atoms with Crippen LogP contribution in [0.4, 0.5) is 13.2 Å². The van der Waals surface area contributed by atoms with Crippen molar-refractivity contribution >= 4 is 0 Å². The molecule has 0 saturated carbocycles. The van der Waals surface area contributed by atoms with Gasteiger partial charge in [-0.25, -0.2) is 0 Å². The van der Waals surface area contributed by atoms with Crippen molar-refractivity contribution in [1.82, 2.24) is 0 Å². The summed E-state index contributed by atoms with van der Waals surface area (Å²) in [4.78, 5) is 0. The van der Waals surface area contributed by atoms with E-state index in [0.29, 0.717) is 0 Å². The Hall–Kier alpha value is -0.470. The van der Waals surface area contributed by atoms with Gasteiger partial charge in [-0.15, -0.1) is 0 Å². The van der Waals surface area contributed by atoms with E-state index in [9.17, 15) is 13.2 Å². The van der Waals surface area contributed by atoms with Crippen molar-refractivity contribution in [1.29, 1.82) is 0 Å². The van der Waals surface area contributed by atoms with Crippen molar-refractivity contribution < 1.29 is 13.2 Å². The van der Waals surface area contributed by atoms with Crippen LogP contribution >= 0.6 is 0 Å². The van der Waals surface area contributed by atoms with Crippen LogP contribution in [0.3, 0.4) is 0 Å². The molecule has 0 rings (SSSR count). The van der Waals surface area contributed by atoms with Gasteiger partial charge in [-0.05, 0) is 6.08 Å². The molecule has 0 bridgehead atoms. The molecule has 0 aliphatic heterocycles. The summed E-state index contributed by atoms with van der Waals surface area (Å²) in [5, 5.41) is 0. The second kappa shape index (κ2) is 2.00. The molecule has 0 fully saturated rings. The monoisotopic (exact) mass is 109 g/mol. The highest BCUT2D eigenvalue weighted by atomic mass is 19.4. The number of halogens is 3. The van der Waals surface area contributed by atoms with E-state index in [1.165, 1.54) is 0 Å². The Morgan fingerprint density at radius 3 is 1.86 bits per heavy atom.